The van der Waals surface area contributed by atoms with Crippen LogP contribution in [0.1, 0.15) is 50.9 Å². The molecule has 0 saturated heterocycles. The minimum Gasteiger partial charge on any atom is -0.481 e. The number of carboxylic acids is 1. The number of hydrogen-bond donors (Lipinski definition) is 2. The summed E-state index contributed by atoms with van der Waals surface area (Å²) in [6.07, 6.45) is 0.801. The van der Waals surface area contributed by atoms with Crippen LogP contribution in [0.4, 0.5) is 0 Å². The molecule has 0 bridgehead atoms. The second-order valence-electron chi connectivity index (χ2n) is 6.61. The summed E-state index contributed by atoms with van der Waals surface area (Å²) in [4.78, 5) is 23.9. The van der Waals surface area contributed by atoms with Gasteiger partial charge in [-0.1, -0.05) is 13.8 Å². The largest absolute Gasteiger partial charge is 0.481 e. The van der Waals surface area contributed by atoms with E-state index in [-0.39, 0.29) is 23.0 Å². The fourth-order valence-corrected chi connectivity index (χ4v) is 3.82. The minimum atomic E-state index is -3.61. The monoisotopic (exact) mass is 384 g/mol. The molecule has 2 N–H and O–H groups in total. The molecule has 1 aromatic carbocycles. The van der Waals surface area contributed by atoms with Gasteiger partial charge in [-0.3, -0.25) is 9.59 Å². The van der Waals surface area contributed by atoms with Gasteiger partial charge < -0.3 is 10.4 Å². The lowest BCUT2D eigenvalue weighted by atomic mass is 9.82. The van der Waals surface area contributed by atoms with Crippen LogP contribution in [-0.4, -0.2) is 49.3 Å². The van der Waals surface area contributed by atoms with Crippen molar-refractivity contribution in [2.24, 2.45) is 5.41 Å². The molecule has 0 aliphatic heterocycles. The smallest absolute Gasteiger partial charge is 0.311 e. The van der Waals surface area contributed by atoms with Gasteiger partial charge in [0.2, 0.25) is 10.0 Å². The third kappa shape index (κ3) is 4.62. The topological polar surface area (TPSA) is 104 Å². The van der Waals surface area contributed by atoms with Gasteiger partial charge >= 0.3 is 5.97 Å². The van der Waals surface area contributed by atoms with Crippen LogP contribution in [0.15, 0.2) is 29.2 Å². The highest BCUT2D eigenvalue weighted by Gasteiger charge is 2.35. The number of amides is 1. The van der Waals surface area contributed by atoms with Gasteiger partial charge in [-0.2, -0.15) is 4.31 Å². The van der Waals surface area contributed by atoms with Crippen molar-refractivity contribution >= 4 is 21.9 Å². The number of hydrogen-bond acceptors (Lipinski definition) is 4. The molecule has 26 heavy (non-hydrogen) atoms. The van der Waals surface area contributed by atoms with E-state index in [2.05, 4.69) is 5.32 Å². The van der Waals surface area contributed by atoms with Gasteiger partial charge in [0.05, 0.1) is 10.3 Å². The Kier molecular flexibility index (Phi) is 7.35. The second-order valence-corrected chi connectivity index (χ2v) is 8.61. The maximum absolute atomic E-state index is 12.4. The van der Waals surface area contributed by atoms with Crippen molar-refractivity contribution in [3.63, 3.8) is 0 Å². The Bertz CT molecular complexity index is 737. The number of benzene rings is 1. The van der Waals surface area contributed by atoms with Gasteiger partial charge in [-0.05, 0) is 51.0 Å². The van der Waals surface area contributed by atoms with E-state index in [1.54, 1.807) is 27.7 Å². The number of aliphatic carboxylic acids is 1. The van der Waals surface area contributed by atoms with Gasteiger partial charge in [0, 0.05) is 25.2 Å². The quantitative estimate of drug-likeness (QED) is 0.680. The molecule has 0 aliphatic carbocycles. The molecule has 0 saturated carbocycles. The van der Waals surface area contributed by atoms with Crippen LogP contribution in [0.2, 0.25) is 0 Å². The van der Waals surface area contributed by atoms with Crippen molar-refractivity contribution in [1.29, 1.82) is 0 Å². The summed E-state index contributed by atoms with van der Waals surface area (Å²) in [5, 5.41) is 12.0. The standard InChI is InChI=1S/C18H28N2O5S/c1-6-18(7-2,17(22)23)12-19-16(21)14-8-10-15(11-9-14)26(24,25)20(5)13(3)4/h8-11,13H,6-7,12H2,1-5H3,(H,19,21)(H,22,23). The maximum atomic E-state index is 12.4. The zero-order valence-corrected chi connectivity index (χ0v) is 16.8. The molecule has 146 valence electrons. The van der Waals surface area contributed by atoms with E-state index in [9.17, 15) is 23.1 Å². The summed E-state index contributed by atoms with van der Waals surface area (Å²) in [7, 11) is -2.11. The fraction of sp³-hybridized carbons (Fsp3) is 0.556. The Labute approximate surface area is 155 Å². The fourth-order valence-electron chi connectivity index (χ4n) is 2.45. The molecule has 7 nitrogen and oxygen atoms in total. The highest BCUT2D eigenvalue weighted by atomic mass is 32.2. The van der Waals surface area contributed by atoms with Crippen molar-refractivity contribution in [2.75, 3.05) is 13.6 Å². The predicted octanol–water partition coefficient (Wildman–Crippen LogP) is 2.34. The summed E-state index contributed by atoms with van der Waals surface area (Å²) in [5.74, 6) is -1.38. The summed E-state index contributed by atoms with van der Waals surface area (Å²) in [6.45, 7) is 7.11. The second kappa shape index (κ2) is 8.64. The molecule has 8 heteroatoms. The molecule has 0 atom stereocenters. The molecule has 1 aromatic rings. The predicted molar refractivity (Wildman–Crippen MR) is 99.5 cm³/mol. The molecule has 1 amide bonds. The number of nitrogens with one attached hydrogen (secondary N) is 1. The summed E-state index contributed by atoms with van der Waals surface area (Å²) >= 11 is 0. The normalized spacial score (nSPS) is 12.4. The van der Waals surface area contributed by atoms with Crippen molar-refractivity contribution in [2.45, 2.75) is 51.5 Å². The summed E-state index contributed by atoms with van der Waals surface area (Å²) in [6, 6.07) is 5.43. The molecular weight excluding hydrogens is 356 g/mol. The van der Waals surface area contributed by atoms with E-state index >= 15 is 0 Å². The summed E-state index contributed by atoms with van der Waals surface area (Å²) < 4.78 is 26.1. The third-order valence-electron chi connectivity index (χ3n) is 4.92. The zero-order valence-electron chi connectivity index (χ0n) is 15.9. The lowest BCUT2D eigenvalue weighted by Gasteiger charge is -2.26. The lowest BCUT2D eigenvalue weighted by Crippen LogP contribution is -2.42. The molecule has 0 spiro atoms. The average molecular weight is 384 g/mol. The first-order valence-corrected chi connectivity index (χ1v) is 10.1. The molecule has 0 fully saturated rings. The van der Waals surface area contributed by atoms with E-state index in [0.717, 1.165) is 0 Å². The van der Waals surface area contributed by atoms with Crippen LogP contribution in [0, 0.1) is 5.41 Å². The van der Waals surface area contributed by atoms with Crippen LogP contribution in [-0.2, 0) is 14.8 Å². The SMILES string of the molecule is CCC(CC)(CNC(=O)c1ccc(S(=O)(=O)N(C)C(C)C)cc1)C(=O)O. The zero-order chi connectivity index (χ0) is 20.1. The van der Waals surface area contributed by atoms with Crippen molar-refractivity contribution < 1.29 is 23.1 Å². The van der Waals surface area contributed by atoms with E-state index in [0.29, 0.717) is 12.8 Å². The Hall–Kier alpha value is -1.93. The Morgan fingerprint density at radius 3 is 2.04 bits per heavy atom. The third-order valence-corrected chi connectivity index (χ3v) is 6.96. The number of sulfonamides is 1. The number of nitrogens with zero attached hydrogens (tertiary/aromatic N) is 1. The van der Waals surface area contributed by atoms with E-state index in [1.807, 2.05) is 0 Å². The first-order valence-electron chi connectivity index (χ1n) is 8.61. The van der Waals surface area contributed by atoms with Crippen LogP contribution in [0.25, 0.3) is 0 Å². The Balaban J connectivity index is 2.92. The van der Waals surface area contributed by atoms with Gasteiger partial charge in [-0.15, -0.1) is 0 Å². The van der Waals surface area contributed by atoms with Crippen molar-refractivity contribution in [1.82, 2.24) is 9.62 Å². The highest BCUT2D eigenvalue weighted by molar-refractivity contribution is 7.89. The number of carbonyl (C=O) groups excluding carboxylic acids is 1. The number of carbonyl (C=O) groups is 2. The molecular formula is C18H28N2O5S. The van der Waals surface area contributed by atoms with E-state index < -0.39 is 27.3 Å². The first kappa shape index (κ1) is 22.1. The molecule has 0 unspecified atom stereocenters. The molecule has 0 aromatic heterocycles. The molecule has 0 heterocycles. The van der Waals surface area contributed by atoms with Gasteiger partial charge in [0.1, 0.15) is 0 Å². The minimum absolute atomic E-state index is 0.0182. The molecule has 0 radical (unpaired) electrons. The number of carboxylic acid groups (broad SMARTS) is 1. The van der Waals surface area contributed by atoms with E-state index in [4.69, 9.17) is 0 Å². The Morgan fingerprint density at radius 2 is 1.65 bits per heavy atom. The maximum Gasteiger partial charge on any atom is 0.311 e. The van der Waals surface area contributed by atoms with Crippen molar-refractivity contribution in [3.05, 3.63) is 29.8 Å². The lowest BCUT2D eigenvalue weighted by molar-refractivity contribution is -0.149. The van der Waals surface area contributed by atoms with Crippen LogP contribution < -0.4 is 5.32 Å². The van der Waals surface area contributed by atoms with E-state index in [1.165, 1.54) is 35.6 Å². The molecule has 0 aliphatic rings. The van der Waals surface area contributed by atoms with Gasteiger partial charge in [0.15, 0.2) is 0 Å². The van der Waals surface area contributed by atoms with Crippen LogP contribution in [0.5, 0.6) is 0 Å². The Morgan fingerprint density at radius 1 is 1.15 bits per heavy atom. The van der Waals surface area contributed by atoms with Gasteiger partial charge in [0.25, 0.3) is 5.91 Å². The average Bonchev–Trinajstić information content (AvgIpc) is 2.61. The molecule has 1 rings (SSSR count). The van der Waals surface area contributed by atoms with Crippen molar-refractivity contribution in [3.8, 4) is 0 Å². The highest BCUT2D eigenvalue weighted by Crippen LogP contribution is 2.26. The van der Waals surface area contributed by atoms with Crippen LogP contribution >= 0.6 is 0 Å². The number of rotatable bonds is 9. The summed E-state index contributed by atoms with van der Waals surface area (Å²) in [5.41, 5.74) is -0.721. The van der Waals surface area contributed by atoms with Crippen LogP contribution in [0.3, 0.4) is 0 Å². The first-order chi connectivity index (χ1) is 12.0. The van der Waals surface area contributed by atoms with Gasteiger partial charge in [-0.25, -0.2) is 8.42 Å².